The minimum absolute atomic E-state index is 0.0134. The Kier molecular flexibility index (Phi) is 3.07. The van der Waals surface area contributed by atoms with Crippen molar-refractivity contribution in [3.8, 4) is 10.6 Å². The highest BCUT2D eigenvalue weighted by Crippen LogP contribution is 2.30. The lowest BCUT2D eigenvalue weighted by molar-refractivity contribution is 0.0935. The van der Waals surface area contributed by atoms with Gasteiger partial charge in [-0.3, -0.25) is 4.79 Å². The van der Waals surface area contributed by atoms with Crippen molar-refractivity contribution in [1.82, 2.24) is 20.0 Å². The van der Waals surface area contributed by atoms with Gasteiger partial charge in [-0.25, -0.2) is 4.98 Å². The van der Waals surface area contributed by atoms with Crippen molar-refractivity contribution in [1.29, 1.82) is 0 Å². The Labute approximate surface area is 130 Å². The van der Waals surface area contributed by atoms with Gasteiger partial charge in [-0.2, -0.15) is 0 Å². The zero-order chi connectivity index (χ0) is 15.1. The van der Waals surface area contributed by atoms with Crippen LogP contribution in [0.2, 0.25) is 0 Å². The van der Waals surface area contributed by atoms with Gasteiger partial charge in [0.1, 0.15) is 17.0 Å². The summed E-state index contributed by atoms with van der Waals surface area (Å²) in [5.41, 5.74) is 2.16. The van der Waals surface area contributed by atoms with Crippen LogP contribution in [0.3, 0.4) is 0 Å². The van der Waals surface area contributed by atoms with E-state index in [2.05, 4.69) is 20.0 Å². The van der Waals surface area contributed by atoms with Crippen LogP contribution >= 0.6 is 11.3 Å². The molecule has 0 bridgehead atoms. The van der Waals surface area contributed by atoms with Gasteiger partial charge < -0.3 is 14.4 Å². The van der Waals surface area contributed by atoms with E-state index in [1.54, 1.807) is 19.4 Å². The normalized spacial score (nSPS) is 16.7. The molecule has 4 heterocycles. The highest BCUT2D eigenvalue weighted by Gasteiger charge is 2.28. The fourth-order valence-electron chi connectivity index (χ4n) is 2.82. The Morgan fingerprint density at radius 2 is 2.45 bits per heavy atom. The molecule has 7 heteroatoms. The van der Waals surface area contributed by atoms with Crippen LogP contribution in [0.4, 0.5) is 0 Å². The summed E-state index contributed by atoms with van der Waals surface area (Å²) in [7, 11) is 0. The molecule has 1 unspecified atom stereocenters. The summed E-state index contributed by atoms with van der Waals surface area (Å²) in [6, 6.07) is 3.85. The molecule has 1 N–H and O–H groups in total. The zero-order valence-corrected chi connectivity index (χ0v) is 12.8. The molecule has 1 aliphatic rings. The quantitative estimate of drug-likeness (QED) is 0.807. The number of thiophene rings is 1. The fraction of sp³-hybridized carbons (Fsp3) is 0.267. The fourth-order valence-corrected chi connectivity index (χ4v) is 3.53. The van der Waals surface area contributed by atoms with Gasteiger partial charge in [0.05, 0.1) is 29.1 Å². The van der Waals surface area contributed by atoms with E-state index >= 15 is 0 Å². The van der Waals surface area contributed by atoms with Gasteiger partial charge in [0.2, 0.25) is 0 Å². The molecule has 1 aliphatic heterocycles. The first-order valence-corrected chi connectivity index (χ1v) is 7.93. The molecule has 1 atom stereocenters. The number of imidazole rings is 1. The molecule has 0 aliphatic carbocycles. The van der Waals surface area contributed by atoms with Crippen LogP contribution in [0.15, 0.2) is 34.6 Å². The van der Waals surface area contributed by atoms with Gasteiger partial charge in [0, 0.05) is 6.54 Å². The Hall–Kier alpha value is -2.41. The third kappa shape index (κ3) is 2.05. The highest BCUT2D eigenvalue weighted by atomic mass is 32.1. The topological polar surface area (TPSA) is 73.0 Å². The summed E-state index contributed by atoms with van der Waals surface area (Å²) in [5, 5.41) is 9.07. The Bertz CT molecular complexity index is 819. The van der Waals surface area contributed by atoms with Gasteiger partial charge in [-0.1, -0.05) is 11.2 Å². The number of aromatic nitrogens is 3. The number of rotatable bonds is 3. The van der Waals surface area contributed by atoms with Gasteiger partial charge in [-0.05, 0) is 24.8 Å². The van der Waals surface area contributed by atoms with Gasteiger partial charge in [0.25, 0.3) is 5.91 Å². The van der Waals surface area contributed by atoms with Crippen molar-refractivity contribution in [2.75, 3.05) is 0 Å². The van der Waals surface area contributed by atoms with Crippen molar-refractivity contribution < 1.29 is 9.32 Å². The summed E-state index contributed by atoms with van der Waals surface area (Å²) < 4.78 is 7.30. The first kappa shape index (κ1) is 13.3. The van der Waals surface area contributed by atoms with Crippen molar-refractivity contribution in [3.05, 3.63) is 47.1 Å². The Balaban J connectivity index is 1.63. The molecule has 0 radical (unpaired) electrons. The predicted octanol–water partition coefficient (Wildman–Crippen LogP) is 2.78. The smallest absolute Gasteiger partial charge is 0.257 e. The minimum atomic E-state index is -0.151. The minimum Gasteiger partial charge on any atom is -0.360 e. The lowest BCUT2D eigenvalue weighted by Gasteiger charge is -2.11. The molecule has 0 aromatic carbocycles. The molecule has 0 saturated heterocycles. The van der Waals surface area contributed by atoms with Crippen LogP contribution < -0.4 is 5.32 Å². The molecule has 0 spiro atoms. The van der Waals surface area contributed by atoms with E-state index in [0.717, 1.165) is 23.5 Å². The number of aryl methyl sites for hydroxylation is 2. The summed E-state index contributed by atoms with van der Waals surface area (Å²) in [5.74, 6) is 0.384. The molecule has 22 heavy (non-hydrogen) atoms. The molecule has 112 valence electrons. The molecule has 3 aromatic rings. The largest absolute Gasteiger partial charge is 0.360 e. The third-order valence-electron chi connectivity index (χ3n) is 3.91. The first-order valence-electron chi connectivity index (χ1n) is 7.05. The van der Waals surface area contributed by atoms with Crippen molar-refractivity contribution >= 4 is 17.2 Å². The molecular formula is C15H14N4O2S. The molecule has 4 rings (SSSR count). The van der Waals surface area contributed by atoms with E-state index in [9.17, 15) is 4.79 Å². The van der Waals surface area contributed by atoms with Crippen LogP contribution in [0.1, 0.15) is 34.3 Å². The molecule has 3 aromatic heterocycles. The molecule has 0 saturated carbocycles. The maximum absolute atomic E-state index is 12.7. The number of amides is 1. The Morgan fingerprint density at radius 1 is 1.55 bits per heavy atom. The van der Waals surface area contributed by atoms with Crippen molar-refractivity contribution in [2.24, 2.45) is 0 Å². The van der Waals surface area contributed by atoms with E-state index in [0.29, 0.717) is 17.0 Å². The second-order valence-electron chi connectivity index (χ2n) is 5.27. The van der Waals surface area contributed by atoms with Crippen LogP contribution in [0, 0.1) is 6.92 Å². The van der Waals surface area contributed by atoms with E-state index in [4.69, 9.17) is 4.52 Å². The van der Waals surface area contributed by atoms with E-state index in [1.165, 1.54) is 11.3 Å². The Morgan fingerprint density at radius 3 is 3.27 bits per heavy atom. The van der Waals surface area contributed by atoms with Crippen LogP contribution in [0.5, 0.6) is 0 Å². The lowest BCUT2D eigenvalue weighted by atomic mass is 10.1. The summed E-state index contributed by atoms with van der Waals surface area (Å²) in [4.78, 5) is 17.7. The summed E-state index contributed by atoms with van der Waals surface area (Å²) in [6.45, 7) is 2.64. The number of fused-ring (bicyclic) bond motifs is 1. The third-order valence-corrected chi connectivity index (χ3v) is 4.79. The standard InChI is InChI=1S/C15H14N4O2S/c1-9-13(14(18-21-9)12-3-2-6-22-12)15(20)17-10-4-5-19-8-16-7-11(10)19/h2-3,6-8,10H,4-5H2,1H3,(H,17,20). The number of carbonyl (C=O) groups is 1. The molecule has 0 fully saturated rings. The van der Waals surface area contributed by atoms with Crippen LogP contribution in [0.25, 0.3) is 10.6 Å². The SMILES string of the molecule is Cc1onc(-c2cccs2)c1C(=O)NC1CCn2cncc21. The monoisotopic (exact) mass is 314 g/mol. The number of hydrogen-bond acceptors (Lipinski definition) is 5. The van der Waals surface area contributed by atoms with E-state index < -0.39 is 0 Å². The summed E-state index contributed by atoms with van der Waals surface area (Å²) >= 11 is 1.54. The van der Waals surface area contributed by atoms with Crippen molar-refractivity contribution in [2.45, 2.75) is 25.9 Å². The highest BCUT2D eigenvalue weighted by molar-refractivity contribution is 7.13. The van der Waals surface area contributed by atoms with Gasteiger partial charge in [0.15, 0.2) is 0 Å². The second kappa shape index (κ2) is 5.10. The maximum Gasteiger partial charge on any atom is 0.257 e. The zero-order valence-electron chi connectivity index (χ0n) is 11.9. The van der Waals surface area contributed by atoms with Crippen LogP contribution in [-0.4, -0.2) is 20.6 Å². The molecule has 1 amide bonds. The average molecular weight is 314 g/mol. The average Bonchev–Trinajstić information content (AvgIpc) is 3.22. The van der Waals surface area contributed by atoms with E-state index in [-0.39, 0.29) is 11.9 Å². The second-order valence-corrected chi connectivity index (χ2v) is 6.21. The maximum atomic E-state index is 12.7. The first-order chi connectivity index (χ1) is 10.7. The number of carbonyl (C=O) groups excluding carboxylic acids is 1. The lowest BCUT2D eigenvalue weighted by Crippen LogP contribution is -2.27. The van der Waals surface area contributed by atoms with Gasteiger partial charge in [-0.15, -0.1) is 11.3 Å². The molecule has 6 nitrogen and oxygen atoms in total. The van der Waals surface area contributed by atoms with E-state index in [1.807, 2.05) is 17.5 Å². The predicted molar refractivity (Wildman–Crippen MR) is 81.6 cm³/mol. The van der Waals surface area contributed by atoms with Crippen molar-refractivity contribution in [3.63, 3.8) is 0 Å². The number of nitrogens with one attached hydrogen (secondary N) is 1. The van der Waals surface area contributed by atoms with Crippen LogP contribution in [-0.2, 0) is 6.54 Å². The summed E-state index contributed by atoms with van der Waals surface area (Å²) in [6.07, 6.45) is 4.48. The van der Waals surface area contributed by atoms with Gasteiger partial charge >= 0.3 is 0 Å². The number of hydrogen-bond donors (Lipinski definition) is 1. The molecular weight excluding hydrogens is 300 g/mol. The number of nitrogens with zero attached hydrogens (tertiary/aromatic N) is 3.